The van der Waals surface area contributed by atoms with Crippen LogP contribution in [0.15, 0.2) is 24.3 Å². The zero-order chi connectivity index (χ0) is 14.1. The van der Waals surface area contributed by atoms with Gasteiger partial charge in [0.2, 0.25) is 5.91 Å². The Morgan fingerprint density at radius 3 is 2.90 bits per heavy atom. The van der Waals surface area contributed by atoms with Gasteiger partial charge in [-0.05, 0) is 31.9 Å². The van der Waals surface area contributed by atoms with E-state index in [-0.39, 0.29) is 11.9 Å². The minimum Gasteiger partial charge on any atom is -0.314 e. The first kappa shape index (κ1) is 13.6. The van der Waals surface area contributed by atoms with Gasteiger partial charge in [0.15, 0.2) is 0 Å². The van der Waals surface area contributed by atoms with Crippen LogP contribution in [0.1, 0.15) is 19.4 Å². The van der Waals surface area contributed by atoms with Crippen molar-refractivity contribution in [2.75, 3.05) is 31.1 Å². The molecule has 0 radical (unpaired) electrons. The van der Waals surface area contributed by atoms with Crippen molar-refractivity contribution < 1.29 is 4.79 Å². The van der Waals surface area contributed by atoms with E-state index in [1.165, 1.54) is 5.56 Å². The number of hydrogen-bond donors (Lipinski definition) is 1. The lowest BCUT2D eigenvalue weighted by Crippen LogP contribution is -2.53. The van der Waals surface area contributed by atoms with Gasteiger partial charge in [0.25, 0.3) is 0 Å². The molecule has 1 aromatic carbocycles. The van der Waals surface area contributed by atoms with Crippen LogP contribution in [-0.4, -0.2) is 49.1 Å². The molecule has 1 amide bonds. The average molecular weight is 273 g/mol. The molecular formula is C16H23N3O. The molecule has 0 aromatic heterocycles. The Morgan fingerprint density at radius 1 is 1.30 bits per heavy atom. The number of carbonyl (C=O) groups is 1. The summed E-state index contributed by atoms with van der Waals surface area (Å²) in [6.07, 6.45) is 0.971. The lowest BCUT2D eigenvalue weighted by Gasteiger charge is -2.35. The number of fused-ring (bicyclic) bond motifs is 1. The lowest BCUT2D eigenvalue weighted by atomic mass is 10.1. The minimum atomic E-state index is 0.233. The van der Waals surface area contributed by atoms with Gasteiger partial charge in [-0.2, -0.15) is 0 Å². The molecule has 20 heavy (non-hydrogen) atoms. The minimum absolute atomic E-state index is 0.233. The summed E-state index contributed by atoms with van der Waals surface area (Å²) in [5.74, 6) is 0.233. The average Bonchev–Trinajstić information content (AvgIpc) is 2.77. The maximum absolute atomic E-state index is 12.7. The molecular weight excluding hydrogens is 250 g/mol. The normalized spacial score (nSPS) is 26.6. The van der Waals surface area contributed by atoms with Crippen molar-refractivity contribution >= 4 is 11.6 Å². The number of rotatable bonds is 2. The standard InChI is InChI=1S/C16H23N3O/c1-12-9-14-5-3-4-6-15(14)19(12)16(20)11-18-8-7-17-10-13(18)2/h3-6,12-13,17H,7-11H2,1-2H3/t12?,13-/m0/s1. The second kappa shape index (κ2) is 5.54. The highest BCUT2D eigenvalue weighted by atomic mass is 16.2. The van der Waals surface area contributed by atoms with Crippen LogP contribution in [0.2, 0.25) is 0 Å². The van der Waals surface area contributed by atoms with E-state index in [0.717, 1.165) is 31.7 Å². The number of benzene rings is 1. The highest BCUT2D eigenvalue weighted by Gasteiger charge is 2.32. The van der Waals surface area contributed by atoms with Gasteiger partial charge >= 0.3 is 0 Å². The predicted octanol–water partition coefficient (Wildman–Crippen LogP) is 1.26. The Balaban J connectivity index is 1.74. The summed E-state index contributed by atoms with van der Waals surface area (Å²) in [6.45, 7) is 7.75. The number of carbonyl (C=O) groups excluding carboxylic acids is 1. The van der Waals surface area contributed by atoms with E-state index in [4.69, 9.17) is 0 Å². The fraction of sp³-hybridized carbons (Fsp3) is 0.562. The second-order valence-corrected chi connectivity index (χ2v) is 5.97. The van der Waals surface area contributed by atoms with Gasteiger partial charge in [0.1, 0.15) is 0 Å². The highest BCUT2D eigenvalue weighted by Crippen LogP contribution is 2.31. The van der Waals surface area contributed by atoms with Crippen molar-refractivity contribution in [3.05, 3.63) is 29.8 Å². The fourth-order valence-corrected chi connectivity index (χ4v) is 3.31. The van der Waals surface area contributed by atoms with E-state index in [9.17, 15) is 4.79 Å². The Kier molecular flexibility index (Phi) is 3.76. The Morgan fingerprint density at radius 2 is 2.10 bits per heavy atom. The van der Waals surface area contributed by atoms with Crippen LogP contribution in [-0.2, 0) is 11.2 Å². The highest BCUT2D eigenvalue weighted by molar-refractivity contribution is 5.97. The molecule has 0 spiro atoms. The summed E-state index contributed by atoms with van der Waals surface area (Å²) < 4.78 is 0. The van der Waals surface area contributed by atoms with Crippen molar-refractivity contribution in [3.63, 3.8) is 0 Å². The molecule has 0 saturated carbocycles. The molecule has 1 saturated heterocycles. The second-order valence-electron chi connectivity index (χ2n) is 5.97. The monoisotopic (exact) mass is 273 g/mol. The summed E-state index contributed by atoms with van der Waals surface area (Å²) in [4.78, 5) is 17.0. The first-order valence-electron chi connectivity index (χ1n) is 7.51. The molecule has 0 bridgehead atoms. The summed E-state index contributed by atoms with van der Waals surface area (Å²) >= 11 is 0. The summed E-state index contributed by atoms with van der Waals surface area (Å²) in [5, 5.41) is 3.37. The molecule has 2 atom stereocenters. The molecule has 2 aliphatic rings. The van der Waals surface area contributed by atoms with Gasteiger partial charge in [0, 0.05) is 37.4 Å². The Hall–Kier alpha value is -1.39. The molecule has 1 unspecified atom stereocenters. The third-order valence-corrected chi connectivity index (χ3v) is 4.45. The van der Waals surface area contributed by atoms with Crippen molar-refractivity contribution in [2.45, 2.75) is 32.4 Å². The van der Waals surface area contributed by atoms with Crippen molar-refractivity contribution in [1.82, 2.24) is 10.2 Å². The van der Waals surface area contributed by atoms with Crippen molar-refractivity contribution in [3.8, 4) is 0 Å². The van der Waals surface area contributed by atoms with E-state index < -0.39 is 0 Å². The summed E-state index contributed by atoms with van der Waals surface area (Å²) in [7, 11) is 0. The zero-order valence-corrected chi connectivity index (χ0v) is 12.3. The van der Waals surface area contributed by atoms with Crippen LogP contribution in [0.5, 0.6) is 0 Å². The van der Waals surface area contributed by atoms with Crippen LogP contribution in [0.25, 0.3) is 0 Å². The lowest BCUT2D eigenvalue weighted by molar-refractivity contribution is -0.120. The molecule has 0 aliphatic carbocycles. The van der Waals surface area contributed by atoms with Crippen molar-refractivity contribution in [1.29, 1.82) is 0 Å². The van der Waals surface area contributed by atoms with Crippen LogP contribution in [0.3, 0.4) is 0 Å². The predicted molar refractivity (Wildman–Crippen MR) is 81.0 cm³/mol. The van der Waals surface area contributed by atoms with E-state index in [1.807, 2.05) is 11.0 Å². The molecule has 4 heteroatoms. The van der Waals surface area contributed by atoms with E-state index in [1.54, 1.807) is 0 Å². The maximum Gasteiger partial charge on any atom is 0.241 e. The van der Waals surface area contributed by atoms with Gasteiger partial charge < -0.3 is 10.2 Å². The molecule has 1 fully saturated rings. The Bertz CT molecular complexity index is 502. The quantitative estimate of drug-likeness (QED) is 0.881. The first-order valence-corrected chi connectivity index (χ1v) is 7.51. The first-order chi connectivity index (χ1) is 9.66. The maximum atomic E-state index is 12.7. The van der Waals surface area contributed by atoms with E-state index >= 15 is 0 Å². The zero-order valence-electron chi connectivity index (χ0n) is 12.3. The number of para-hydroxylation sites is 1. The molecule has 4 nitrogen and oxygen atoms in total. The summed E-state index contributed by atoms with van der Waals surface area (Å²) in [5.41, 5.74) is 2.40. The van der Waals surface area contributed by atoms with Crippen LogP contribution < -0.4 is 10.2 Å². The topological polar surface area (TPSA) is 35.6 Å². The molecule has 2 heterocycles. The molecule has 2 aliphatic heterocycles. The third kappa shape index (κ3) is 2.45. The number of piperazine rings is 1. The Labute approximate surface area is 120 Å². The van der Waals surface area contributed by atoms with Gasteiger partial charge in [-0.3, -0.25) is 9.69 Å². The van der Waals surface area contributed by atoms with Crippen molar-refractivity contribution in [2.24, 2.45) is 0 Å². The smallest absolute Gasteiger partial charge is 0.241 e. The number of hydrogen-bond acceptors (Lipinski definition) is 3. The van der Waals surface area contributed by atoms with Crippen LogP contribution >= 0.6 is 0 Å². The van der Waals surface area contributed by atoms with Gasteiger partial charge in [-0.25, -0.2) is 0 Å². The number of anilines is 1. The van der Waals surface area contributed by atoms with Crippen LogP contribution in [0.4, 0.5) is 5.69 Å². The fourth-order valence-electron chi connectivity index (χ4n) is 3.31. The number of nitrogens with one attached hydrogen (secondary N) is 1. The molecule has 1 aromatic rings. The number of amides is 1. The van der Waals surface area contributed by atoms with Gasteiger partial charge in [0.05, 0.1) is 6.54 Å². The largest absolute Gasteiger partial charge is 0.314 e. The van der Waals surface area contributed by atoms with E-state index in [0.29, 0.717) is 12.6 Å². The molecule has 108 valence electrons. The van der Waals surface area contributed by atoms with Gasteiger partial charge in [-0.15, -0.1) is 0 Å². The molecule has 1 N–H and O–H groups in total. The van der Waals surface area contributed by atoms with Crippen LogP contribution in [0, 0.1) is 0 Å². The van der Waals surface area contributed by atoms with Gasteiger partial charge in [-0.1, -0.05) is 18.2 Å². The number of nitrogens with zero attached hydrogens (tertiary/aromatic N) is 2. The van der Waals surface area contributed by atoms with E-state index in [2.05, 4.69) is 42.3 Å². The third-order valence-electron chi connectivity index (χ3n) is 4.45. The molecule has 3 rings (SSSR count). The summed E-state index contributed by atoms with van der Waals surface area (Å²) in [6, 6.07) is 8.98. The SMILES string of the molecule is CC1Cc2ccccc2N1C(=O)CN1CCNC[C@@H]1C.